The Morgan fingerprint density at radius 1 is 0.935 bits per heavy atom. The second kappa shape index (κ2) is 9.62. The molecule has 2 rings (SSSR count). The van der Waals surface area contributed by atoms with Crippen molar-refractivity contribution in [1.82, 2.24) is 0 Å². The van der Waals surface area contributed by atoms with Crippen LogP contribution in [0, 0.1) is 0 Å². The monoisotopic (exact) mass is 424 g/mol. The second-order valence-corrected chi connectivity index (χ2v) is 7.87. The van der Waals surface area contributed by atoms with Gasteiger partial charge in [0.05, 0.1) is 7.11 Å². The largest absolute Gasteiger partial charge is 0.496 e. The molecule has 0 spiro atoms. The molecule has 0 heterocycles. The van der Waals surface area contributed by atoms with E-state index in [1.54, 1.807) is 52.0 Å². The summed E-state index contributed by atoms with van der Waals surface area (Å²) in [6.45, 7) is 13.4. The van der Waals surface area contributed by atoms with Gasteiger partial charge in [0.1, 0.15) is 17.1 Å². The Labute approximate surface area is 182 Å². The Morgan fingerprint density at radius 3 is 1.97 bits per heavy atom. The van der Waals surface area contributed by atoms with Crippen LogP contribution in [0.3, 0.4) is 0 Å². The van der Waals surface area contributed by atoms with Crippen LogP contribution in [0.5, 0.6) is 11.5 Å². The van der Waals surface area contributed by atoms with Gasteiger partial charge in [-0.15, -0.1) is 0 Å². The molecule has 164 valence electrons. The molecular formula is C25H28O6. The van der Waals surface area contributed by atoms with Gasteiger partial charge in [0.25, 0.3) is 0 Å². The van der Waals surface area contributed by atoms with Gasteiger partial charge in [0, 0.05) is 16.7 Å². The van der Waals surface area contributed by atoms with Crippen LogP contribution in [0.4, 0.5) is 0 Å². The van der Waals surface area contributed by atoms with E-state index >= 15 is 0 Å². The fourth-order valence-electron chi connectivity index (χ4n) is 2.81. The van der Waals surface area contributed by atoms with E-state index in [4.69, 9.17) is 14.2 Å². The lowest BCUT2D eigenvalue weighted by molar-refractivity contribution is -0.158. The van der Waals surface area contributed by atoms with Gasteiger partial charge < -0.3 is 19.3 Å². The number of aliphatic hydroxyl groups is 1. The number of methoxy groups -OCH3 is 1. The zero-order valence-electron chi connectivity index (χ0n) is 18.5. The lowest BCUT2D eigenvalue weighted by atomic mass is 9.92. The number of rotatable bonds is 8. The molecule has 6 heteroatoms. The Hall–Kier alpha value is -3.38. The van der Waals surface area contributed by atoms with Gasteiger partial charge in [-0.25, -0.2) is 9.59 Å². The van der Waals surface area contributed by atoms with Crippen molar-refractivity contribution in [3.63, 3.8) is 0 Å². The highest BCUT2D eigenvalue weighted by atomic mass is 16.6. The first kappa shape index (κ1) is 23.9. The van der Waals surface area contributed by atoms with Crippen molar-refractivity contribution in [3.05, 3.63) is 72.3 Å². The van der Waals surface area contributed by atoms with Crippen LogP contribution in [0.1, 0.15) is 39.4 Å². The first-order chi connectivity index (χ1) is 14.4. The van der Waals surface area contributed by atoms with Crippen molar-refractivity contribution in [1.29, 1.82) is 0 Å². The zero-order valence-corrected chi connectivity index (χ0v) is 18.5. The van der Waals surface area contributed by atoms with E-state index in [9.17, 15) is 14.7 Å². The average Bonchev–Trinajstić information content (AvgIpc) is 2.71. The fraction of sp³-hybridized carbons (Fsp3) is 0.280. The van der Waals surface area contributed by atoms with Crippen molar-refractivity contribution in [2.75, 3.05) is 7.11 Å². The normalized spacial score (nSPS) is 11.9. The molecule has 1 atom stereocenters. The summed E-state index contributed by atoms with van der Waals surface area (Å²) in [6, 6.07) is 12.4. The first-order valence-corrected chi connectivity index (χ1v) is 9.69. The van der Waals surface area contributed by atoms with Crippen molar-refractivity contribution in [2.45, 2.75) is 39.4 Å². The number of ether oxygens (including phenoxy) is 3. The number of benzene rings is 2. The van der Waals surface area contributed by atoms with E-state index in [1.165, 1.54) is 7.11 Å². The molecule has 2 aromatic rings. The Kier molecular flexibility index (Phi) is 7.41. The second-order valence-electron chi connectivity index (χ2n) is 7.87. The Bertz CT molecular complexity index is 996. The summed E-state index contributed by atoms with van der Waals surface area (Å²) in [7, 11) is 1.50. The predicted molar refractivity (Wildman–Crippen MR) is 119 cm³/mol. The molecule has 0 aliphatic rings. The van der Waals surface area contributed by atoms with Crippen LogP contribution < -0.4 is 9.47 Å². The summed E-state index contributed by atoms with van der Waals surface area (Å²) >= 11 is 0. The number of esters is 2. The van der Waals surface area contributed by atoms with Gasteiger partial charge in [0.15, 0.2) is 6.10 Å². The SMILES string of the molecule is C=C(C)C(=O)Oc1ccc(-c2ccc(C(OC(=O)C(=C)C)C(C)(C)O)c(OC)c2)cc1. The molecular weight excluding hydrogens is 396 g/mol. The molecule has 1 N–H and O–H groups in total. The third-order valence-corrected chi connectivity index (χ3v) is 4.48. The Balaban J connectivity index is 2.37. The summed E-state index contributed by atoms with van der Waals surface area (Å²) in [6.07, 6.45) is -0.954. The summed E-state index contributed by atoms with van der Waals surface area (Å²) in [5.41, 5.74) is 1.42. The van der Waals surface area contributed by atoms with Gasteiger partial charge in [0.2, 0.25) is 0 Å². The molecule has 0 aliphatic heterocycles. The maximum Gasteiger partial charge on any atom is 0.338 e. The molecule has 6 nitrogen and oxygen atoms in total. The van der Waals surface area contributed by atoms with Gasteiger partial charge in [-0.05, 0) is 57.0 Å². The molecule has 0 bridgehead atoms. The maximum atomic E-state index is 12.1. The van der Waals surface area contributed by atoms with Crippen molar-refractivity contribution < 1.29 is 28.9 Å². The highest BCUT2D eigenvalue weighted by molar-refractivity contribution is 5.89. The van der Waals surface area contributed by atoms with Gasteiger partial charge in [-0.2, -0.15) is 0 Å². The van der Waals surface area contributed by atoms with E-state index in [0.29, 0.717) is 22.6 Å². The van der Waals surface area contributed by atoms with Gasteiger partial charge in [-0.1, -0.05) is 37.4 Å². The molecule has 0 amide bonds. The molecule has 0 fully saturated rings. The third kappa shape index (κ3) is 6.06. The Morgan fingerprint density at radius 2 is 1.48 bits per heavy atom. The van der Waals surface area contributed by atoms with Gasteiger partial charge in [-0.3, -0.25) is 0 Å². The third-order valence-electron chi connectivity index (χ3n) is 4.48. The molecule has 0 aromatic heterocycles. The van der Waals surface area contributed by atoms with E-state index in [0.717, 1.165) is 11.1 Å². The number of carbonyl (C=O) groups is 2. The van der Waals surface area contributed by atoms with Crippen LogP contribution >= 0.6 is 0 Å². The van der Waals surface area contributed by atoms with Gasteiger partial charge >= 0.3 is 11.9 Å². The highest BCUT2D eigenvalue weighted by Gasteiger charge is 2.34. The van der Waals surface area contributed by atoms with Crippen LogP contribution in [0.25, 0.3) is 11.1 Å². The average molecular weight is 424 g/mol. The molecule has 0 radical (unpaired) electrons. The topological polar surface area (TPSA) is 82.1 Å². The van der Waals surface area contributed by atoms with Crippen molar-refractivity contribution in [3.8, 4) is 22.6 Å². The number of carbonyl (C=O) groups excluding carboxylic acids is 2. The van der Waals surface area contributed by atoms with Crippen molar-refractivity contribution in [2.24, 2.45) is 0 Å². The quantitative estimate of drug-likeness (QED) is 0.373. The highest BCUT2D eigenvalue weighted by Crippen LogP contribution is 2.38. The van der Waals surface area contributed by atoms with Crippen LogP contribution in [-0.2, 0) is 14.3 Å². The van der Waals surface area contributed by atoms with Crippen molar-refractivity contribution >= 4 is 11.9 Å². The minimum absolute atomic E-state index is 0.234. The maximum absolute atomic E-state index is 12.1. The molecule has 0 aliphatic carbocycles. The molecule has 2 aromatic carbocycles. The summed E-state index contributed by atoms with van der Waals surface area (Å²) in [4.78, 5) is 23.7. The van der Waals surface area contributed by atoms with E-state index in [2.05, 4.69) is 13.2 Å². The smallest absolute Gasteiger partial charge is 0.338 e. The summed E-state index contributed by atoms with van der Waals surface area (Å²) < 4.78 is 16.2. The molecule has 31 heavy (non-hydrogen) atoms. The van der Waals surface area contributed by atoms with E-state index in [-0.39, 0.29) is 5.57 Å². The van der Waals surface area contributed by atoms with Crippen LogP contribution in [-0.4, -0.2) is 29.8 Å². The predicted octanol–water partition coefficient (Wildman–Crippen LogP) is 4.78. The summed E-state index contributed by atoms with van der Waals surface area (Å²) in [5, 5.41) is 10.6. The zero-order chi connectivity index (χ0) is 23.3. The lowest BCUT2D eigenvalue weighted by Gasteiger charge is -2.30. The lowest BCUT2D eigenvalue weighted by Crippen LogP contribution is -2.33. The fourth-order valence-corrected chi connectivity index (χ4v) is 2.81. The number of hydrogen-bond donors (Lipinski definition) is 1. The first-order valence-electron chi connectivity index (χ1n) is 9.69. The van der Waals surface area contributed by atoms with Crippen LogP contribution in [0.15, 0.2) is 66.8 Å². The summed E-state index contributed by atoms with van der Waals surface area (Å²) in [5.74, 6) is -0.218. The molecule has 0 saturated heterocycles. The van der Waals surface area contributed by atoms with E-state index < -0.39 is 23.6 Å². The number of hydrogen-bond acceptors (Lipinski definition) is 6. The molecule has 1 unspecified atom stereocenters. The standard InChI is InChI=1S/C25H28O6/c1-15(2)23(26)30-19-11-8-17(9-12-19)18-10-13-20(21(14-18)29-7)22(25(5,6)28)31-24(27)16(3)4/h8-14,22,28H,1,3H2,2,4-7H3. The minimum atomic E-state index is -1.35. The molecule has 0 saturated carbocycles. The van der Waals surface area contributed by atoms with Crippen LogP contribution in [0.2, 0.25) is 0 Å². The van der Waals surface area contributed by atoms with E-state index in [1.807, 2.05) is 18.2 Å². The minimum Gasteiger partial charge on any atom is -0.496 e.